The van der Waals surface area contributed by atoms with Crippen LogP contribution >= 0.6 is 12.2 Å². The molecule has 0 radical (unpaired) electrons. The lowest BCUT2D eigenvalue weighted by atomic mass is 10.2. The highest BCUT2D eigenvalue weighted by Gasteiger charge is 2.23. The molecule has 1 aliphatic heterocycles. The van der Waals surface area contributed by atoms with Gasteiger partial charge in [0.1, 0.15) is 5.75 Å². The Bertz CT molecular complexity index is 1080. The predicted octanol–water partition coefficient (Wildman–Crippen LogP) is 2.93. The lowest BCUT2D eigenvalue weighted by Gasteiger charge is -2.34. The summed E-state index contributed by atoms with van der Waals surface area (Å²) in [6, 6.07) is 14.6. The van der Waals surface area contributed by atoms with Gasteiger partial charge in [-0.3, -0.25) is 10.1 Å². The quantitative estimate of drug-likeness (QED) is 0.577. The summed E-state index contributed by atoms with van der Waals surface area (Å²) in [6.45, 7) is 6.91. The summed E-state index contributed by atoms with van der Waals surface area (Å²) in [4.78, 5) is 14.7. The molecular weight excluding hydrogens is 460 g/mol. The predicted molar refractivity (Wildman–Crippen MR) is 136 cm³/mol. The van der Waals surface area contributed by atoms with E-state index in [-0.39, 0.29) is 11.0 Å². The van der Waals surface area contributed by atoms with Crippen molar-refractivity contribution in [1.29, 1.82) is 0 Å². The Morgan fingerprint density at radius 1 is 1.09 bits per heavy atom. The summed E-state index contributed by atoms with van der Waals surface area (Å²) >= 11 is 5.29. The van der Waals surface area contributed by atoms with Gasteiger partial charge in [0, 0.05) is 43.1 Å². The van der Waals surface area contributed by atoms with Crippen LogP contribution in [0.4, 0.5) is 11.4 Å². The standard InChI is InChI=1S/C23H30N4O4S2/c1-17(2)16-31-21-6-4-5-18(15-21)22(28)25-23(32)24-19-7-9-20(10-8-19)26-11-13-27(14-12-26)33(3,29)30/h4-10,15,17H,11-14,16H2,1-3H3,(H2,24,25,28,32). The van der Waals surface area contributed by atoms with Crippen LogP contribution < -0.4 is 20.3 Å². The molecule has 178 valence electrons. The van der Waals surface area contributed by atoms with E-state index >= 15 is 0 Å². The lowest BCUT2D eigenvalue weighted by Crippen LogP contribution is -2.48. The summed E-state index contributed by atoms with van der Waals surface area (Å²) in [6.07, 6.45) is 1.24. The third-order valence-corrected chi connectivity index (χ3v) is 6.61. The van der Waals surface area contributed by atoms with Crippen LogP contribution in [0.2, 0.25) is 0 Å². The number of benzene rings is 2. The number of thiocarbonyl (C=S) groups is 1. The van der Waals surface area contributed by atoms with Gasteiger partial charge in [0.05, 0.1) is 12.9 Å². The largest absolute Gasteiger partial charge is 0.493 e. The first-order valence-corrected chi connectivity index (χ1v) is 13.0. The molecule has 8 nitrogen and oxygen atoms in total. The fourth-order valence-electron chi connectivity index (χ4n) is 3.36. The summed E-state index contributed by atoms with van der Waals surface area (Å²) < 4.78 is 30.5. The van der Waals surface area contributed by atoms with Gasteiger partial charge >= 0.3 is 0 Å². The summed E-state index contributed by atoms with van der Waals surface area (Å²) in [5.41, 5.74) is 2.21. The molecule has 1 amide bonds. The van der Waals surface area contributed by atoms with Crippen LogP contribution in [0.15, 0.2) is 48.5 Å². The van der Waals surface area contributed by atoms with Crippen LogP contribution in [0.3, 0.4) is 0 Å². The number of nitrogens with one attached hydrogen (secondary N) is 2. The van der Waals surface area contributed by atoms with Crippen LogP contribution in [-0.2, 0) is 10.0 Å². The Kier molecular flexibility index (Phi) is 8.28. The Morgan fingerprint density at radius 3 is 2.36 bits per heavy atom. The maximum Gasteiger partial charge on any atom is 0.257 e. The van der Waals surface area contributed by atoms with Gasteiger partial charge in [-0.25, -0.2) is 8.42 Å². The number of amides is 1. The minimum atomic E-state index is -3.15. The van der Waals surface area contributed by atoms with Crippen molar-refractivity contribution in [2.75, 3.05) is 49.3 Å². The van der Waals surface area contributed by atoms with E-state index in [9.17, 15) is 13.2 Å². The van der Waals surface area contributed by atoms with Gasteiger partial charge in [0.2, 0.25) is 10.0 Å². The van der Waals surface area contributed by atoms with Crippen molar-refractivity contribution in [2.24, 2.45) is 5.92 Å². The van der Waals surface area contributed by atoms with E-state index in [1.807, 2.05) is 30.3 Å². The average Bonchev–Trinajstić information content (AvgIpc) is 2.78. The minimum absolute atomic E-state index is 0.197. The molecule has 33 heavy (non-hydrogen) atoms. The van der Waals surface area contributed by atoms with E-state index in [0.717, 1.165) is 11.4 Å². The van der Waals surface area contributed by atoms with E-state index in [0.29, 0.717) is 50.0 Å². The molecule has 1 aliphatic rings. The fraction of sp³-hybridized carbons (Fsp3) is 0.391. The molecule has 0 saturated carbocycles. The summed E-state index contributed by atoms with van der Waals surface area (Å²) in [5, 5.41) is 5.90. The normalized spacial score (nSPS) is 14.7. The molecule has 1 heterocycles. The Hall–Kier alpha value is -2.69. The van der Waals surface area contributed by atoms with Crippen LogP contribution in [0.25, 0.3) is 0 Å². The zero-order chi connectivity index (χ0) is 24.0. The van der Waals surface area contributed by atoms with Crippen LogP contribution in [0.1, 0.15) is 24.2 Å². The number of piperazine rings is 1. The van der Waals surface area contributed by atoms with Gasteiger partial charge in [-0.15, -0.1) is 0 Å². The molecule has 2 aromatic rings. The van der Waals surface area contributed by atoms with Gasteiger partial charge in [0.25, 0.3) is 5.91 Å². The number of anilines is 2. The fourth-order valence-corrected chi connectivity index (χ4v) is 4.40. The van der Waals surface area contributed by atoms with E-state index in [1.54, 1.807) is 18.2 Å². The molecule has 0 unspecified atom stereocenters. The van der Waals surface area contributed by atoms with Crippen molar-refractivity contribution in [3.8, 4) is 5.75 Å². The van der Waals surface area contributed by atoms with Crippen molar-refractivity contribution in [3.63, 3.8) is 0 Å². The SMILES string of the molecule is CC(C)COc1cccc(C(=O)NC(=S)Nc2ccc(N3CCN(S(C)(=O)=O)CC3)cc2)c1. The molecule has 1 fully saturated rings. The van der Waals surface area contributed by atoms with Gasteiger partial charge < -0.3 is 15.0 Å². The Labute approximate surface area is 201 Å². The molecule has 0 aromatic heterocycles. The molecule has 2 N–H and O–H groups in total. The summed E-state index contributed by atoms with van der Waals surface area (Å²) in [5.74, 6) is 0.716. The zero-order valence-electron chi connectivity index (χ0n) is 19.1. The van der Waals surface area contributed by atoms with Crippen LogP contribution in [-0.4, -0.2) is 62.8 Å². The van der Waals surface area contributed by atoms with Gasteiger partial charge in [-0.1, -0.05) is 19.9 Å². The number of hydrogen-bond donors (Lipinski definition) is 2. The highest BCUT2D eigenvalue weighted by molar-refractivity contribution is 7.88. The first kappa shape index (κ1) is 24.9. The number of sulfonamides is 1. The van der Waals surface area contributed by atoms with Crippen molar-refractivity contribution in [3.05, 3.63) is 54.1 Å². The average molecular weight is 491 g/mol. The molecule has 0 spiro atoms. The highest BCUT2D eigenvalue weighted by Crippen LogP contribution is 2.20. The number of carbonyl (C=O) groups excluding carboxylic acids is 1. The topological polar surface area (TPSA) is 91.0 Å². The monoisotopic (exact) mass is 490 g/mol. The second-order valence-corrected chi connectivity index (χ2v) is 10.7. The third kappa shape index (κ3) is 7.41. The van der Waals surface area contributed by atoms with E-state index in [4.69, 9.17) is 17.0 Å². The van der Waals surface area contributed by atoms with Crippen LogP contribution in [0, 0.1) is 5.92 Å². The molecule has 2 aromatic carbocycles. The molecule has 0 aliphatic carbocycles. The number of hydrogen-bond acceptors (Lipinski definition) is 6. The minimum Gasteiger partial charge on any atom is -0.493 e. The maximum absolute atomic E-state index is 12.5. The number of rotatable bonds is 7. The second-order valence-electron chi connectivity index (χ2n) is 8.34. The molecule has 0 atom stereocenters. The number of nitrogens with zero attached hydrogens (tertiary/aromatic N) is 2. The lowest BCUT2D eigenvalue weighted by molar-refractivity contribution is 0.0977. The van der Waals surface area contributed by atoms with E-state index in [1.165, 1.54) is 10.6 Å². The molecule has 0 bridgehead atoms. The smallest absolute Gasteiger partial charge is 0.257 e. The first-order chi connectivity index (χ1) is 15.6. The van der Waals surface area contributed by atoms with Crippen molar-refractivity contribution in [2.45, 2.75) is 13.8 Å². The highest BCUT2D eigenvalue weighted by atomic mass is 32.2. The van der Waals surface area contributed by atoms with Crippen molar-refractivity contribution >= 4 is 44.6 Å². The first-order valence-electron chi connectivity index (χ1n) is 10.8. The Balaban J connectivity index is 1.52. The van der Waals surface area contributed by atoms with Crippen LogP contribution in [0.5, 0.6) is 5.75 Å². The van der Waals surface area contributed by atoms with Gasteiger partial charge in [-0.2, -0.15) is 4.31 Å². The maximum atomic E-state index is 12.5. The molecule has 10 heteroatoms. The molecule has 3 rings (SSSR count). The number of carbonyl (C=O) groups is 1. The molecule has 1 saturated heterocycles. The summed E-state index contributed by atoms with van der Waals surface area (Å²) in [7, 11) is -3.15. The van der Waals surface area contributed by atoms with Gasteiger partial charge in [-0.05, 0) is 60.6 Å². The van der Waals surface area contributed by atoms with Crippen molar-refractivity contribution < 1.29 is 17.9 Å². The molecular formula is C23H30N4O4S2. The van der Waals surface area contributed by atoms with Crippen molar-refractivity contribution in [1.82, 2.24) is 9.62 Å². The second kappa shape index (κ2) is 11.0. The third-order valence-electron chi connectivity index (χ3n) is 5.10. The van der Waals surface area contributed by atoms with E-state index in [2.05, 4.69) is 29.4 Å². The number of ether oxygens (including phenoxy) is 1. The van der Waals surface area contributed by atoms with E-state index < -0.39 is 10.0 Å². The zero-order valence-corrected chi connectivity index (χ0v) is 20.7. The van der Waals surface area contributed by atoms with Gasteiger partial charge in [0.15, 0.2) is 5.11 Å². The Morgan fingerprint density at radius 2 is 1.76 bits per heavy atom.